The number of aromatic nitrogens is 1. The van der Waals surface area contributed by atoms with Gasteiger partial charge in [0.25, 0.3) is 0 Å². The maximum atomic E-state index is 10.6. The molecule has 0 saturated heterocycles. The van der Waals surface area contributed by atoms with Crippen LogP contribution >= 0.6 is 11.6 Å². The van der Waals surface area contributed by atoms with Crippen molar-refractivity contribution in [3.63, 3.8) is 0 Å². The maximum absolute atomic E-state index is 10.6. The van der Waals surface area contributed by atoms with Crippen LogP contribution in [0, 0.1) is 0 Å². The highest BCUT2D eigenvalue weighted by atomic mass is 35.5. The summed E-state index contributed by atoms with van der Waals surface area (Å²) in [4.78, 5) is 3.40. The summed E-state index contributed by atoms with van der Waals surface area (Å²) in [5.41, 5.74) is 0. The Balaban J connectivity index is 3.21. The van der Waals surface area contributed by atoms with E-state index < -0.39 is 9.84 Å². The Hall–Kier alpha value is -0.550. The van der Waals surface area contributed by atoms with Gasteiger partial charge in [0, 0.05) is 6.26 Å². The van der Waals surface area contributed by atoms with Crippen molar-refractivity contribution >= 4 is 21.4 Å². The van der Waals surface area contributed by atoms with Crippen LogP contribution in [-0.4, -0.2) is 19.7 Å². The second-order valence-corrected chi connectivity index (χ2v) is 3.97. The molecule has 0 amide bonds. The Labute approximate surface area is 62.7 Å². The van der Waals surface area contributed by atoms with Gasteiger partial charge < -0.3 is 4.42 Å². The molecule has 0 aliphatic heterocycles. The first-order valence-corrected chi connectivity index (χ1v) is 4.58. The van der Waals surface area contributed by atoms with E-state index in [-0.39, 0.29) is 10.4 Å². The van der Waals surface area contributed by atoms with Gasteiger partial charge >= 0.3 is 5.22 Å². The third-order valence-corrected chi connectivity index (χ3v) is 1.77. The Morgan fingerprint density at radius 1 is 1.70 bits per heavy atom. The predicted molar refractivity (Wildman–Crippen MR) is 34.6 cm³/mol. The van der Waals surface area contributed by atoms with E-state index >= 15 is 0 Å². The first kappa shape index (κ1) is 7.56. The fourth-order valence-electron chi connectivity index (χ4n) is 0.411. The standard InChI is InChI=1S/C4H4ClNO3S/c1-10(7,8)4-6-2-3(5)9-4/h2H,1H3. The Morgan fingerprint density at radius 3 is 2.50 bits per heavy atom. The molecule has 1 heterocycles. The van der Waals surface area contributed by atoms with Crippen LogP contribution < -0.4 is 0 Å². The van der Waals surface area contributed by atoms with Crippen LogP contribution in [0.3, 0.4) is 0 Å². The minimum Gasteiger partial charge on any atom is -0.416 e. The van der Waals surface area contributed by atoms with Gasteiger partial charge in [-0.3, -0.25) is 0 Å². The van der Waals surface area contributed by atoms with Crippen molar-refractivity contribution in [3.8, 4) is 0 Å². The van der Waals surface area contributed by atoms with Gasteiger partial charge in [-0.25, -0.2) is 13.4 Å². The molecule has 0 radical (unpaired) electrons. The highest BCUT2D eigenvalue weighted by molar-refractivity contribution is 7.90. The Morgan fingerprint density at radius 2 is 2.30 bits per heavy atom. The van der Waals surface area contributed by atoms with E-state index in [1.807, 2.05) is 0 Å². The van der Waals surface area contributed by atoms with E-state index in [2.05, 4.69) is 9.40 Å². The summed E-state index contributed by atoms with van der Waals surface area (Å²) in [6.07, 6.45) is 2.13. The number of oxazole rings is 1. The van der Waals surface area contributed by atoms with Crippen molar-refractivity contribution in [1.82, 2.24) is 4.98 Å². The summed E-state index contributed by atoms with van der Waals surface area (Å²) in [6.45, 7) is 0. The lowest BCUT2D eigenvalue weighted by atomic mass is 11.0. The number of halogens is 1. The van der Waals surface area contributed by atoms with E-state index in [9.17, 15) is 8.42 Å². The highest BCUT2D eigenvalue weighted by Gasteiger charge is 2.13. The zero-order chi connectivity index (χ0) is 7.78. The third kappa shape index (κ3) is 1.48. The molecule has 0 spiro atoms. The molecule has 1 aromatic heterocycles. The van der Waals surface area contributed by atoms with Gasteiger partial charge in [-0.1, -0.05) is 0 Å². The average molecular weight is 182 g/mol. The fourth-order valence-corrected chi connectivity index (χ4v) is 1.06. The SMILES string of the molecule is CS(=O)(=O)c1ncc(Cl)o1. The number of rotatable bonds is 1. The van der Waals surface area contributed by atoms with Crippen LogP contribution in [0.1, 0.15) is 0 Å². The fraction of sp³-hybridized carbons (Fsp3) is 0.250. The Kier molecular flexibility index (Phi) is 1.70. The van der Waals surface area contributed by atoms with Crippen molar-refractivity contribution in [3.05, 3.63) is 11.4 Å². The molecule has 4 nitrogen and oxygen atoms in total. The van der Waals surface area contributed by atoms with Crippen LogP contribution in [0.25, 0.3) is 0 Å². The molecule has 0 saturated carbocycles. The smallest absolute Gasteiger partial charge is 0.316 e. The van der Waals surface area contributed by atoms with E-state index in [1.165, 1.54) is 0 Å². The average Bonchev–Trinajstić information content (AvgIpc) is 2.11. The van der Waals surface area contributed by atoms with Crippen molar-refractivity contribution in [2.45, 2.75) is 5.22 Å². The summed E-state index contributed by atoms with van der Waals surface area (Å²) in [6, 6.07) is 0. The molecular formula is C4H4ClNO3S. The van der Waals surface area contributed by atoms with Crippen LogP contribution in [0.15, 0.2) is 15.8 Å². The second kappa shape index (κ2) is 2.25. The van der Waals surface area contributed by atoms with Crippen LogP contribution in [0.5, 0.6) is 0 Å². The van der Waals surface area contributed by atoms with Gasteiger partial charge in [-0.2, -0.15) is 0 Å². The zero-order valence-electron chi connectivity index (χ0n) is 5.04. The largest absolute Gasteiger partial charge is 0.416 e. The van der Waals surface area contributed by atoms with Crippen LogP contribution in [0.4, 0.5) is 0 Å². The van der Waals surface area contributed by atoms with Gasteiger partial charge in [0.1, 0.15) is 0 Å². The minimum atomic E-state index is -3.34. The Bertz CT molecular complexity index is 328. The lowest BCUT2D eigenvalue weighted by Gasteiger charge is -1.84. The van der Waals surface area contributed by atoms with Crippen molar-refractivity contribution < 1.29 is 12.8 Å². The van der Waals surface area contributed by atoms with Crippen molar-refractivity contribution in [2.24, 2.45) is 0 Å². The van der Waals surface area contributed by atoms with Gasteiger partial charge in [0.05, 0.1) is 6.20 Å². The molecule has 0 aromatic carbocycles. The molecule has 0 N–H and O–H groups in total. The van der Waals surface area contributed by atoms with E-state index in [0.717, 1.165) is 12.5 Å². The topological polar surface area (TPSA) is 60.2 Å². The molecule has 0 bridgehead atoms. The number of sulfone groups is 1. The molecular weight excluding hydrogens is 178 g/mol. The number of hydrogen-bond donors (Lipinski definition) is 0. The van der Waals surface area contributed by atoms with E-state index in [4.69, 9.17) is 11.6 Å². The zero-order valence-corrected chi connectivity index (χ0v) is 6.61. The second-order valence-electron chi connectivity index (χ2n) is 1.70. The first-order chi connectivity index (χ1) is 4.50. The molecule has 1 rings (SSSR count). The van der Waals surface area contributed by atoms with Crippen LogP contribution in [-0.2, 0) is 9.84 Å². The molecule has 10 heavy (non-hydrogen) atoms. The summed E-state index contributed by atoms with van der Waals surface area (Å²) < 4.78 is 25.8. The quantitative estimate of drug-likeness (QED) is 0.641. The molecule has 0 fully saturated rings. The molecule has 0 atom stereocenters. The number of hydrogen-bond acceptors (Lipinski definition) is 4. The van der Waals surface area contributed by atoms with E-state index in [1.54, 1.807) is 0 Å². The summed E-state index contributed by atoms with van der Waals surface area (Å²) in [5, 5.41) is -0.377. The summed E-state index contributed by atoms with van der Waals surface area (Å²) >= 11 is 5.27. The lowest BCUT2D eigenvalue weighted by Crippen LogP contribution is -1.95. The van der Waals surface area contributed by atoms with Gasteiger partial charge in [-0.15, -0.1) is 0 Å². The molecule has 0 aliphatic carbocycles. The van der Waals surface area contributed by atoms with Crippen molar-refractivity contribution in [2.75, 3.05) is 6.26 Å². The summed E-state index contributed by atoms with van der Waals surface area (Å²) in [5.74, 6) is 0. The minimum absolute atomic E-state index is 0.0274. The molecule has 0 unspecified atom stereocenters. The van der Waals surface area contributed by atoms with Gasteiger partial charge in [-0.05, 0) is 11.6 Å². The van der Waals surface area contributed by atoms with Gasteiger partial charge in [0.15, 0.2) is 0 Å². The third-order valence-electron chi connectivity index (χ3n) is 0.773. The highest BCUT2D eigenvalue weighted by Crippen LogP contribution is 2.13. The van der Waals surface area contributed by atoms with Crippen molar-refractivity contribution in [1.29, 1.82) is 0 Å². The molecule has 56 valence electrons. The first-order valence-electron chi connectivity index (χ1n) is 2.31. The monoisotopic (exact) mass is 181 g/mol. The normalized spacial score (nSPS) is 11.8. The molecule has 0 aliphatic rings. The van der Waals surface area contributed by atoms with E-state index in [0.29, 0.717) is 0 Å². The predicted octanol–water partition coefficient (Wildman–Crippen LogP) is 0.732. The lowest BCUT2D eigenvalue weighted by molar-refractivity contribution is 0.433. The summed E-state index contributed by atoms with van der Waals surface area (Å²) in [7, 11) is -3.34. The maximum Gasteiger partial charge on any atom is 0.316 e. The van der Waals surface area contributed by atoms with Gasteiger partial charge in [0.2, 0.25) is 15.1 Å². The van der Waals surface area contributed by atoms with Crippen LogP contribution in [0.2, 0.25) is 5.22 Å². The molecule has 6 heteroatoms. The number of nitrogens with zero attached hydrogens (tertiary/aromatic N) is 1. The molecule has 1 aromatic rings.